The van der Waals surface area contributed by atoms with Gasteiger partial charge in [-0.05, 0) is 25.6 Å². The fourth-order valence-corrected chi connectivity index (χ4v) is 2.67. The number of nitrogens with zero attached hydrogens (tertiary/aromatic N) is 3. The zero-order valence-electron chi connectivity index (χ0n) is 13.3. The van der Waals surface area contributed by atoms with Crippen LogP contribution in [0.15, 0.2) is 24.3 Å². The third-order valence-electron chi connectivity index (χ3n) is 3.98. The number of aromatic nitrogens is 2. The number of nitrogens with two attached hydrogens (primary N) is 1. The van der Waals surface area contributed by atoms with Gasteiger partial charge in [0, 0.05) is 31.3 Å². The quantitative estimate of drug-likeness (QED) is 0.866. The van der Waals surface area contributed by atoms with E-state index in [9.17, 15) is 8.78 Å². The normalized spacial score (nSPS) is 17.3. The standard InChI is InChI=1S/C16H19F2N5O/c1-20-10-4-5-23(8-10)15-6-11(21-16(19)22-15)9-24-12-2-3-13(17)14(18)7-12/h2-3,6-7,10,20H,4-5,8-9H2,1H3,(H2,19,21,22)/t10-/m1/s1. The number of hydrogen-bond donors (Lipinski definition) is 2. The van der Waals surface area contributed by atoms with E-state index in [0.29, 0.717) is 11.7 Å². The fraction of sp³-hybridized carbons (Fsp3) is 0.375. The van der Waals surface area contributed by atoms with Crippen molar-refractivity contribution < 1.29 is 13.5 Å². The van der Waals surface area contributed by atoms with Crippen LogP contribution in [0.3, 0.4) is 0 Å². The summed E-state index contributed by atoms with van der Waals surface area (Å²) < 4.78 is 31.6. The number of halogens is 2. The molecule has 1 aliphatic heterocycles. The van der Waals surface area contributed by atoms with Crippen molar-refractivity contribution in [1.29, 1.82) is 0 Å². The Morgan fingerprint density at radius 3 is 2.83 bits per heavy atom. The minimum Gasteiger partial charge on any atom is -0.487 e. The van der Waals surface area contributed by atoms with E-state index in [4.69, 9.17) is 10.5 Å². The first-order valence-electron chi connectivity index (χ1n) is 7.68. The largest absolute Gasteiger partial charge is 0.487 e. The van der Waals surface area contributed by atoms with Gasteiger partial charge in [-0.25, -0.2) is 13.8 Å². The molecule has 3 rings (SSSR count). The van der Waals surface area contributed by atoms with Gasteiger partial charge in [0.1, 0.15) is 18.2 Å². The lowest BCUT2D eigenvalue weighted by Gasteiger charge is -2.18. The van der Waals surface area contributed by atoms with Crippen LogP contribution in [-0.4, -0.2) is 36.1 Å². The molecule has 0 saturated carbocycles. The molecular weight excluding hydrogens is 316 g/mol. The zero-order chi connectivity index (χ0) is 17.1. The Bertz CT molecular complexity index is 728. The highest BCUT2D eigenvalue weighted by molar-refractivity contribution is 5.44. The number of likely N-dealkylation sites (N-methyl/N-ethyl adjacent to an activating group) is 1. The number of benzene rings is 1. The van der Waals surface area contributed by atoms with Gasteiger partial charge in [-0.1, -0.05) is 0 Å². The Balaban J connectivity index is 1.70. The lowest BCUT2D eigenvalue weighted by atomic mass is 10.3. The molecule has 1 fully saturated rings. The van der Waals surface area contributed by atoms with Crippen LogP contribution in [0.1, 0.15) is 12.1 Å². The average molecular weight is 335 g/mol. The number of nitrogens with one attached hydrogen (secondary N) is 1. The summed E-state index contributed by atoms with van der Waals surface area (Å²) >= 11 is 0. The summed E-state index contributed by atoms with van der Waals surface area (Å²) in [5, 5.41) is 3.24. The highest BCUT2D eigenvalue weighted by Crippen LogP contribution is 2.21. The minimum absolute atomic E-state index is 0.0914. The predicted octanol–water partition coefficient (Wildman–Crippen LogP) is 1.71. The first-order chi connectivity index (χ1) is 11.5. The molecule has 1 saturated heterocycles. The van der Waals surface area contributed by atoms with Crippen LogP contribution in [0.5, 0.6) is 5.75 Å². The molecule has 2 aromatic rings. The summed E-state index contributed by atoms with van der Waals surface area (Å²) in [7, 11) is 1.93. The van der Waals surface area contributed by atoms with Gasteiger partial charge in [0.15, 0.2) is 11.6 Å². The molecule has 1 aromatic carbocycles. The van der Waals surface area contributed by atoms with Crippen molar-refractivity contribution in [2.75, 3.05) is 30.8 Å². The second kappa shape index (κ2) is 6.96. The molecule has 0 amide bonds. The maximum atomic E-state index is 13.2. The minimum atomic E-state index is -0.953. The van der Waals surface area contributed by atoms with Crippen LogP contribution >= 0.6 is 0 Å². The number of rotatable bonds is 5. The summed E-state index contributed by atoms with van der Waals surface area (Å²) in [5.41, 5.74) is 6.36. The number of anilines is 2. The van der Waals surface area contributed by atoms with E-state index in [1.807, 2.05) is 7.05 Å². The molecule has 2 heterocycles. The monoisotopic (exact) mass is 335 g/mol. The molecule has 3 N–H and O–H groups in total. The lowest BCUT2D eigenvalue weighted by molar-refractivity contribution is 0.298. The van der Waals surface area contributed by atoms with Gasteiger partial charge in [0.05, 0.1) is 5.69 Å². The van der Waals surface area contributed by atoms with E-state index in [-0.39, 0.29) is 18.3 Å². The van der Waals surface area contributed by atoms with Crippen LogP contribution in [0.2, 0.25) is 0 Å². The summed E-state index contributed by atoms with van der Waals surface area (Å²) in [6.45, 7) is 1.82. The molecule has 0 aliphatic carbocycles. The second-order valence-corrected chi connectivity index (χ2v) is 5.66. The molecule has 0 spiro atoms. The van der Waals surface area contributed by atoms with Crippen LogP contribution in [0, 0.1) is 11.6 Å². The van der Waals surface area contributed by atoms with Crippen molar-refractivity contribution in [3.05, 3.63) is 41.6 Å². The third kappa shape index (κ3) is 3.70. The molecule has 0 bridgehead atoms. The van der Waals surface area contributed by atoms with E-state index in [2.05, 4.69) is 20.2 Å². The number of nitrogen functional groups attached to an aromatic ring is 1. The van der Waals surface area contributed by atoms with E-state index in [1.54, 1.807) is 6.07 Å². The highest BCUT2D eigenvalue weighted by atomic mass is 19.2. The maximum Gasteiger partial charge on any atom is 0.222 e. The number of ether oxygens (including phenoxy) is 1. The zero-order valence-corrected chi connectivity index (χ0v) is 13.3. The Morgan fingerprint density at radius 2 is 2.12 bits per heavy atom. The molecular formula is C16H19F2N5O. The SMILES string of the molecule is CN[C@@H]1CCN(c2cc(COc3ccc(F)c(F)c3)nc(N)n2)C1. The van der Waals surface area contributed by atoms with E-state index in [0.717, 1.165) is 37.5 Å². The average Bonchev–Trinajstić information content (AvgIpc) is 3.05. The summed E-state index contributed by atoms with van der Waals surface area (Å²) in [6, 6.07) is 5.60. The molecule has 0 radical (unpaired) electrons. The predicted molar refractivity (Wildman–Crippen MR) is 86.8 cm³/mol. The van der Waals surface area contributed by atoms with Gasteiger partial charge in [0.25, 0.3) is 0 Å². The Hall–Kier alpha value is -2.48. The smallest absolute Gasteiger partial charge is 0.222 e. The van der Waals surface area contributed by atoms with E-state index < -0.39 is 11.6 Å². The highest BCUT2D eigenvalue weighted by Gasteiger charge is 2.22. The van der Waals surface area contributed by atoms with Crippen molar-refractivity contribution >= 4 is 11.8 Å². The van der Waals surface area contributed by atoms with Crippen molar-refractivity contribution in [1.82, 2.24) is 15.3 Å². The molecule has 128 valence electrons. The van der Waals surface area contributed by atoms with Gasteiger partial charge in [-0.3, -0.25) is 0 Å². The van der Waals surface area contributed by atoms with Crippen LogP contribution in [0.4, 0.5) is 20.5 Å². The second-order valence-electron chi connectivity index (χ2n) is 5.66. The number of hydrogen-bond acceptors (Lipinski definition) is 6. The van der Waals surface area contributed by atoms with Gasteiger partial charge in [-0.2, -0.15) is 4.98 Å². The topological polar surface area (TPSA) is 76.3 Å². The van der Waals surface area contributed by atoms with Crippen LogP contribution in [-0.2, 0) is 6.61 Å². The molecule has 1 atom stereocenters. The van der Waals surface area contributed by atoms with Gasteiger partial charge in [-0.15, -0.1) is 0 Å². The Morgan fingerprint density at radius 1 is 1.29 bits per heavy atom. The van der Waals surface area contributed by atoms with Gasteiger partial charge >= 0.3 is 0 Å². The molecule has 24 heavy (non-hydrogen) atoms. The molecule has 1 aromatic heterocycles. The van der Waals surface area contributed by atoms with Crippen molar-refractivity contribution in [2.24, 2.45) is 0 Å². The van der Waals surface area contributed by atoms with Crippen molar-refractivity contribution in [3.63, 3.8) is 0 Å². The first kappa shape index (κ1) is 16.4. The fourth-order valence-electron chi connectivity index (χ4n) is 2.67. The van der Waals surface area contributed by atoms with Crippen molar-refractivity contribution in [2.45, 2.75) is 19.1 Å². The Kier molecular flexibility index (Phi) is 4.75. The maximum absolute atomic E-state index is 13.2. The van der Waals surface area contributed by atoms with Gasteiger partial charge < -0.3 is 20.7 Å². The van der Waals surface area contributed by atoms with Crippen LogP contribution in [0.25, 0.3) is 0 Å². The molecule has 6 nitrogen and oxygen atoms in total. The summed E-state index contributed by atoms with van der Waals surface area (Å²) in [6.07, 6.45) is 1.03. The van der Waals surface area contributed by atoms with Crippen LogP contribution < -0.4 is 20.7 Å². The summed E-state index contributed by atoms with van der Waals surface area (Å²) in [4.78, 5) is 10.5. The molecule has 1 aliphatic rings. The molecule has 8 heteroatoms. The van der Waals surface area contributed by atoms with E-state index >= 15 is 0 Å². The Labute approximate surface area is 138 Å². The molecule has 0 unspecified atom stereocenters. The van der Waals surface area contributed by atoms with Crippen molar-refractivity contribution in [3.8, 4) is 5.75 Å². The third-order valence-corrected chi connectivity index (χ3v) is 3.98. The van der Waals surface area contributed by atoms with E-state index in [1.165, 1.54) is 6.07 Å². The summed E-state index contributed by atoms with van der Waals surface area (Å²) in [5.74, 6) is -0.743. The first-order valence-corrected chi connectivity index (χ1v) is 7.68. The van der Waals surface area contributed by atoms with Gasteiger partial charge in [0.2, 0.25) is 5.95 Å². The lowest BCUT2D eigenvalue weighted by Crippen LogP contribution is -2.30.